The molecular formula is C28H24N2O6S. The van der Waals surface area contributed by atoms with Crippen molar-refractivity contribution in [2.45, 2.75) is 26.3 Å². The standard InChI is InChI=1S/C28H24N2O6S/c1-4-13-34-18-10-8-9-17(15-18)22-21-23(31)19-11-6-7-12-20(19)36-24(21)26(32)30(22)28-29-16(3)25(37-28)27(33)35-14-5-2/h5-12,15,22H,2,4,13-14H2,1,3H3/t22-/m1/s1. The first kappa shape index (κ1) is 24.5. The lowest BCUT2D eigenvalue weighted by molar-refractivity contribution is 0.0554. The fourth-order valence-corrected chi connectivity index (χ4v) is 5.29. The van der Waals surface area contributed by atoms with Gasteiger partial charge in [-0.15, -0.1) is 0 Å². The lowest BCUT2D eigenvalue weighted by atomic mass is 9.98. The van der Waals surface area contributed by atoms with E-state index in [1.807, 2.05) is 31.2 Å². The first-order valence-corrected chi connectivity index (χ1v) is 12.6. The predicted molar refractivity (Wildman–Crippen MR) is 141 cm³/mol. The van der Waals surface area contributed by atoms with Crippen LogP contribution in [0.4, 0.5) is 5.13 Å². The van der Waals surface area contributed by atoms with Crippen LogP contribution in [0.5, 0.6) is 5.75 Å². The summed E-state index contributed by atoms with van der Waals surface area (Å²) >= 11 is 1.03. The molecule has 1 amide bonds. The third kappa shape index (κ3) is 4.31. The van der Waals surface area contributed by atoms with Crippen molar-refractivity contribution in [1.29, 1.82) is 0 Å². The second kappa shape index (κ2) is 10.0. The van der Waals surface area contributed by atoms with Gasteiger partial charge in [-0.25, -0.2) is 9.78 Å². The lowest BCUT2D eigenvalue weighted by Gasteiger charge is -2.23. The Hall–Kier alpha value is -4.24. The number of thiazole rings is 1. The molecule has 0 aliphatic carbocycles. The highest BCUT2D eigenvalue weighted by Gasteiger charge is 2.45. The minimum Gasteiger partial charge on any atom is -0.494 e. The van der Waals surface area contributed by atoms with Crippen molar-refractivity contribution in [3.8, 4) is 5.75 Å². The Morgan fingerprint density at radius 3 is 2.81 bits per heavy atom. The second-order valence-corrected chi connectivity index (χ2v) is 9.44. The van der Waals surface area contributed by atoms with Crippen molar-refractivity contribution >= 4 is 39.3 Å². The van der Waals surface area contributed by atoms with Crippen molar-refractivity contribution in [3.63, 3.8) is 0 Å². The molecule has 0 unspecified atom stereocenters. The molecule has 4 aromatic rings. The lowest BCUT2D eigenvalue weighted by Crippen LogP contribution is -2.29. The van der Waals surface area contributed by atoms with Crippen LogP contribution in [0.3, 0.4) is 0 Å². The van der Waals surface area contributed by atoms with Gasteiger partial charge in [0.05, 0.1) is 29.3 Å². The molecule has 1 aliphatic rings. The number of benzene rings is 2. The number of amides is 1. The van der Waals surface area contributed by atoms with Crippen LogP contribution in [0.1, 0.15) is 56.4 Å². The summed E-state index contributed by atoms with van der Waals surface area (Å²) in [6, 6.07) is 13.3. The summed E-state index contributed by atoms with van der Waals surface area (Å²) in [4.78, 5) is 46.3. The molecule has 8 nitrogen and oxygen atoms in total. The summed E-state index contributed by atoms with van der Waals surface area (Å²) in [6.45, 7) is 7.82. The number of carbonyl (C=O) groups excluding carboxylic acids is 2. The third-order valence-electron chi connectivity index (χ3n) is 5.93. The Kier molecular flexibility index (Phi) is 6.62. The maximum atomic E-state index is 13.8. The molecule has 0 saturated heterocycles. The number of fused-ring (bicyclic) bond motifs is 2. The van der Waals surface area contributed by atoms with Gasteiger partial charge in [-0.2, -0.15) is 0 Å². The Labute approximate surface area is 216 Å². The average Bonchev–Trinajstić information content (AvgIpc) is 3.43. The Balaban J connectivity index is 1.69. The van der Waals surface area contributed by atoms with E-state index < -0.39 is 17.9 Å². The number of anilines is 1. The molecule has 188 valence electrons. The van der Waals surface area contributed by atoms with Crippen LogP contribution in [0, 0.1) is 6.92 Å². The largest absolute Gasteiger partial charge is 0.494 e. The highest BCUT2D eigenvalue weighted by Crippen LogP contribution is 2.43. The van der Waals surface area contributed by atoms with E-state index in [-0.39, 0.29) is 33.4 Å². The number of carbonyl (C=O) groups is 2. The van der Waals surface area contributed by atoms with E-state index in [9.17, 15) is 14.4 Å². The molecule has 0 N–H and O–H groups in total. The Morgan fingerprint density at radius 2 is 2.03 bits per heavy atom. The minimum atomic E-state index is -0.823. The molecule has 3 heterocycles. The van der Waals surface area contributed by atoms with E-state index in [2.05, 4.69) is 11.6 Å². The highest BCUT2D eigenvalue weighted by atomic mass is 32.1. The van der Waals surface area contributed by atoms with Crippen LogP contribution in [-0.4, -0.2) is 30.1 Å². The number of para-hydroxylation sites is 1. The molecule has 2 aromatic carbocycles. The van der Waals surface area contributed by atoms with Crippen LogP contribution in [0.2, 0.25) is 0 Å². The number of hydrogen-bond donors (Lipinski definition) is 0. The number of nitrogens with zero attached hydrogens (tertiary/aromatic N) is 2. The molecule has 2 aromatic heterocycles. The van der Waals surface area contributed by atoms with Crippen molar-refractivity contribution in [3.05, 3.63) is 98.9 Å². The highest BCUT2D eigenvalue weighted by molar-refractivity contribution is 7.17. The first-order chi connectivity index (χ1) is 17.9. The summed E-state index contributed by atoms with van der Waals surface area (Å²) in [5, 5.41) is 0.635. The Morgan fingerprint density at radius 1 is 1.22 bits per heavy atom. The summed E-state index contributed by atoms with van der Waals surface area (Å²) in [7, 11) is 0. The number of esters is 1. The van der Waals surface area contributed by atoms with E-state index in [4.69, 9.17) is 13.9 Å². The van der Waals surface area contributed by atoms with Crippen LogP contribution in [0.15, 0.2) is 70.4 Å². The number of aryl methyl sites for hydroxylation is 1. The fourth-order valence-electron chi connectivity index (χ4n) is 4.30. The topological polar surface area (TPSA) is 98.9 Å². The van der Waals surface area contributed by atoms with Crippen LogP contribution < -0.4 is 15.1 Å². The molecule has 0 radical (unpaired) electrons. The zero-order valence-electron chi connectivity index (χ0n) is 20.4. The molecular weight excluding hydrogens is 492 g/mol. The molecule has 37 heavy (non-hydrogen) atoms. The van der Waals surface area contributed by atoms with E-state index in [1.165, 1.54) is 11.0 Å². The zero-order chi connectivity index (χ0) is 26.1. The van der Waals surface area contributed by atoms with Gasteiger partial charge < -0.3 is 13.9 Å². The minimum absolute atomic E-state index is 0.0442. The molecule has 1 aliphatic heterocycles. The molecule has 0 saturated carbocycles. The monoisotopic (exact) mass is 516 g/mol. The van der Waals surface area contributed by atoms with Gasteiger partial charge in [0.2, 0.25) is 5.76 Å². The van der Waals surface area contributed by atoms with Gasteiger partial charge in [0, 0.05) is 0 Å². The fraction of sp³-hybridized carbons (Fsp3) is 0.214. The van der Waals surface area contributed by atoms with Crippen LogP contribution in [0.25, 0.3) is 11.0 Å². The molecule has 9 heteroatoms. The summed E-state index contributed by atoms with van der Waals surface area (Å²) in [6.07, 6.45) is 2.31. The molecule has 0 spiro atoms. The van der Waals surface area contributed by atoms with Gasteiger partial charge in [-0.05, 0) is 43.2 Å². The first-order valence-electron chi connectivity index (χ1n) is 11.8. The smallest absolute Gasteiger partial charge is 0.350 e. The number of ether oxygens (including phenoxy) is 2. The van der Waals surface area contributed by atoms with Gasteiger partial charge in [0.25, 0.3) is 5.91 Å². The van der Waals surface area contributed by atoms with E-state index >= 15 is 0 Å². The Bertz CT molecular complexity index is 1590. The number of aromatic nitrogens is 1. The summed E-state index contributed by atoms with van der Waals surface area (Å²) < 4.78 is 17.0. The predicted octanol–water partition coefficient (Wildman–Crippen LogP) is 5.44. The average molecular weight is 517 g/mol. The van der Waals surface area contributed by atoms with E-state index in [0.717, 1.165) is 17.8 Å². The van der Waals surface area contributed by atoms with E-state index in [1.54, 1.807) is 31.2 Å². The van der Waals surface area contributed by atoms with Gasteiger partial charge in [0.1, 0.15) is 22.8 Å². The van der Waals surface area contributed by atoms with Gasteiger partial charge in [-0.3, -0.25) is 14.5 Å². The molecule has 1 atom stereocenters. The molecule has 0 bridgehead atoms. The SMILES string of the molecule is C=CCOC(=O)c1sc(N2C(=O)c3oc4ccccc4c(=O)c3[C@H]2c2cccc(OCCC)c2)nc1C. The van der Waals surface area contributed by atoms with Gasteiger partial charge >= 0.3 is 5.97 Å². The van der Waals surface area contributed by atoms with Crippen LogP contribution in [-0.2, 0) is 4.74 Å². The maximum Gasteiger partial charge on any atom is 0.350 e. The maximum absolute atomic E-state index is 13.8. The van der Waals surface area contributed by atoms with Crippen LogP contribution >= 0.6 is 11.3 Å². The van der Waals surface area contributed by atoms with Crippen molar-refractivity contribution in [2.24, 2.45) is 0 Å². The third-order valence-corrected chi connectivity index (χ3v) is 7.07. The number of hydrogen-bond acceptors (Lipinski definition) is 8. The normalized spacial score (nSPS) is 14.6. The zero-order valence-corrected chi connectivity index (χ0v) is 21.2. The number of rotatable bonds is 8. The van der Waals surface area contributed by atoms with Crippen molar-refractivity contribution in [2.75, 3.05) is 18.1 Å². The van der Waals surface area contributed by atoms with Crippen molar-refractivity contribution < 1.29 is 23.5 Å². The second-order valence-electron chi connectivity index (χ2n) is 8.47. The summed E-state index contributed by atoms with van der Waals surface area (Å²) in [5.41, 5.74) is 1.33. The molecule has 5 rings (SSSR count). The van der Waals surface area contributed by atoms with Gasteiger partial charge in [0.15, 0.2) is 10.6 Å². The van der Waals surface area contributed by atoms with Crippen molar-refractivity contribution in [1.82, 2.24) is 4.98 Å². The summed E-state index contributed by atoms with van der Waals surface area (Å²) in [5.74, 6) is -0.495. The van der Waals surface area contributed by atoms with E-state index in [0.29, 0.717) is 34.6 Å². The molecule has 0 fully saturated rings. The quantitative estimate of drug-likeness (QED) is 0.227. The van der Waals surface area contributed by atoms with Gasteiger partial charge in [-0.1, -0.05) is 55.2 Å².